The second kappa shape index (κ2) is 9.17. The highest BCUT2D eigenvalue weighted by atomic mass is 19.1. The largest absolute Gasteiger partial charge is 0.352 e. The Hall–Kier alpha value is -3.22. The molecule has 0 spiro atoms. The fourth-order valence-electron chi connectivity index (χ4n) is 2.01. The molecular weight excluding hydrogens is 325 g/mol. The van der Waals surface area contributed by atoms with Gasteiger partial charge in [0.05, 0.1) is 5.56 Å². The maximum atomic E-state index is 13.4. The minimum absolute atomic E-state index is 0.0196. The average molecular weight is 343 g/mol. The minimum Gasteiger partial charge on any atom is -0.352 e. The van der Waals surface area contributed by atoms with Crippen LogP contribution in [0.25, 0.3) is 0 Å². The van der Waals surface area contributed by atoms with E-state index in [0.29, 0.717) is 6.54 Å². The van der Waals surface area contributed by atoms with Crippen LogP contribution in [0.2, 0.25) is 0 Å². The molecule has 0 heterocycles. The van der Waals surface area contributed by atoms with E-state index in [-0.39, 0.29) is 24.3 Å². The molecule has 0 atom stereocenters. The Morgan fingerprint density at radius 1 is 0.800 bits per heavy atom. The number of benzene rings is 2. The van der Waals surface area contributed by atoms with E-state index in [1.807, 2.05) is 30.3 Å². The minimum atomic E-state index is -0.764. The highest BCUT2D eigenvalue weighted by Crippen LogP contribution is 2.05. The van der Waals surface area contributed by atoms with Crippen molar-refractivity contribution in [2.45, 2.75) is 19.4 Å². The third kappa shape index (κ3) is 6.06. The predicted octanol–water partition coefficient (Wildman–Crippen LogP) is 1.68. The highest BCUT2D eigenvalue weighted by Gasteiger charge is 2.12. The molecule has 7 heteroatoms. The van der Waals surface area contributed by atoms with Crippen LogP contribution in [0.5, 0.6) is 0 Å². The summed E-state index contributed by atoms with van der Waals surface area (Å²) in [6.07, 6.45) is -0.119. The molecule has 0 aliphatic rings. The number of carbonyl (C=O) groups excluding carboxylic acids is 3. The van der Waals surface area contributed by atoms with Crippen LogP contribution in [0.3, 0.4) is 0 Å². The van der Waals surface area contributed by atoms with E-state index < -0.39 is 17.6 Å². The lowest BCUT2D eigenvalue weighted by atomic mass is 10.2. The number of nitrogens with one attached hydrogen (secondary N) is 3. The lowest BCUT2D eigenvalue weighted by molar-refractivity contribution is -0.126. The number of hydrogen-bond donors (Lipinski definition) is 3. The SMILES string of the molecule is O=C(CCC(=O)NNC(=O)c1ccccc1F)NCc1ccccc1. The van der Waals surface area contributed by atoms with Gasteiger partial charge in [-0.05, 0) is 17.7 Å². The summed E-state index contributed by atoms with van der Waals surface area (Å²) in [4.78, 5) is 35.1. The normalized spacial score (nSPS) is 9.96. The molecule has 3 amide bonds. The first kappa shape index (κ1) is 18.1. The molecule has 3 N–H and O–H groups in total. The van der Waals surface area contributed by atoms with Crippen LogP contribution in [-0.4, -0.2) is 17.7 Å². The number of rotatable bonds is 6. The summed E-state index contributed by atoms with van der Waals surface area (Å²) in [6.45, 7) is 0.380. The van der Waals surface area contributed by atoms with Crippen molar-refractivity contribution in [1.29, 1.82) is 0 Å². The number of carbonyl (C=O) groups is 3. The molecule has 2 rings (SSSR count). The molecule has 0 saturated carbocycles. The van der Waals surface area contributed by atoms with Crippen molar-refractivity contribution in [3.63, 3.8) is 0 Å². The van der Waals surface area contributed by atoms with Gasteiger partial charge in [0.15, 0.2) is 0 Å². The average Bonchev–Trinajstić information content (AvgIpc) is 2.64. The number of amides is 3. The lowest BCUT2D eigenvalue weighted by Gasteiger charge is -2.08. The van der Waals surface area contributed by atoms with Gasteiger partial charge in [0.25, 0.3) is 5.91 Å². The number of halogens is 1. The van der Waals surface area contributed by atoms with E-state index in [1.54, 1.807) is 0 Å². The Morgan fingerprint density at radius 2 is 1.44 bits per heavy atom. The van der Waals surface area contributed by atoms with Gasteiger partial charge < -0.3 is 5.32 Å². The Labute approximate surface area is 144 Å². The first-order chi connectivity index (χ1) is 12.1. The van der Waals surface area contributed by atoms with Crippen LogP contribution in [-0.2, 0) is 16.1 Å². The van der Waals surface area contributed by atoms with Crippen LogP contribution < -0.4 is 16.2 Å². The van der Waals surface area contributed by atoms with Gasteiger partial charge >= 0.3 is 0 Å². The topological polar surface area (TPSA) is 87.3 Å². The zero-order valence-corrected chi connectivity index (χ0v) is 13.4. The first-order valence-electron chi connectivity index (χ1n) is 7.70. The number of hydrogen-bond acceptors (Lipinski definition) is 3. The third-order valence-electron chi connectivity index (χ3n) is 3.35. The molecule has 0 aliphatic carbocycles. The molecule has 25 heavy (non-hydrogen) atoms. The molecule has 0 aliphatic heterocycles. The molecule has 0 radical (unpaired) electrons. The summed E-state index contributed by atoms with van der Waals surface area (Å²) in [5.74, 6) is -2.27. The van der Waals surface area contributed by atoms with E-state index in [0.717, 1.165) is 11.6 Å². The highest BCUT2D eigenvalue weighted by molar-refractivity contribution is 5.95. The van der Waals surface area contributed by atoms with Gasteiger partial charge in [-0.25, -0.2) is 4.39 Å². The molecule has 6 nitrogen and oxygen atoms in total. The third-order valence-corrected chi connectivity index (χ3v) is 3.35. The van der Waals surface area contributed by atoms with Crippen LogP contribution in [0.4, 0.5) is 4.39 Å². The van der Waals surface area contributed by atoms with Crippen molar-refractivity contribution in [1.82, 2.24) is 16.2 Å². The Balaban J connectivity index is 1.67. The van der Waals surface area contributed by atoms with Gasteiger partial charge in [-0.3, -0.25) is 25.2 Å². The molecular formula is C18H18FN3O3. The van der Waals surface area contributed by atoms with Crippen LogP contribution >= 0.6 is 0 Å². The van der Waals surface area contributed by atoms with E-state index in [9.17, 15) is 18.8 Å². The summed E-state index contributed by atoms with van der Waals surface area (Å²) in [5.41, 5.74) is 5.04. The Morgan fingerprint density at radius 3 is 2.16 bits per heavy atom. The summed E-state index contributed by atoms with van der Waals surface area (Å²) in [6, 6.07) is 14.8. The van der Waals surface area contributed by atoms with Crippen LogP contribution in [0, 0.1) is 5.82 Å². The molecule has 0 saturated heterocycles. The van der Waals surface area contributed by atoms with Gasteiger partial charge in [-0.1, -0.05) is 42.5 Å². The van der Waals surface area contributed by atoms with Crippen LogP contribution in [0.1, 0.15) is 28.8 Å². The van der Waals surface area contributed by atoms with Crippen molar-refractivity contribution < 1.29 is 18.8 Å². The summed E-state index contributed by atoms with van der Waals surface area (Å²) < 4.78 is 13.4. The Kier molecular flexibility index (Phi) is 6.65. The van der Waals surface area contributed by atoms with Gasteiger partial charge in [0.2, 0.25) is 11.8 Å². The fourth-order valence-corrected chi connectivity index (χ4v) is 2.01. The summed E-state index contributed by atoms with van der Waals surface area (Å²) >= 11 is 0. The van der Waals surface area contributed by atoms with E-state index in [4.69, 9.17) is 0 Å². The predicted molar refractivity (Wildman–Crippen MR) is 89.5 cm³/mol. The van der Waals surface area contributed by atoms with Crippen LogP contribution in [0.15, 0.2) is 54.6 Å². The maximum Gasteiger partial charge on any atom is 0.272 e. The summed E-state index contributed by atoms with van der Waals surface area (Å²) in [7, 11) is 0. The van der Waals surface area contributed by atoms with Crippen molar-refractivity contribution >= 4 is 17.7 Å². The van der Waals surface area contributed by atoms with E-state index in [1.165, 1.54) is 18.2 Å². The van der Waals surface area contributed by atoms with E-state index >= 15 is 0 Å². The van der Waals surface area contributed by atoms with Gasteiger partial charge in [0, 0.05) is 19.4 Å². The molecule has 0 fully saturated rings. The second-order valence-electron chi connectivity index (χ2n) is 5.24. The Bertz CT molecular complexity index is 750. The quantitative estimate of drug-likeness (QED) is 0.698. The zero-order valence-electron chi connectivity index (χ0n) is 13.4. The van der Waals surface area contributed by atoms with Crippen molar-refractivity contribution in [3.05, 3.63) is 71.5 Å². The molecule has 0 bridgehead atoms. The van der Waals surface area contributed by atoms with E-state index in [2.05, 4.69) is 16.2 Å². The molecule has 2 aromatic carbocycles. The smallest absolute Gasteiger partial charge is 0.272 e. The molecule has 0 aromatic heterocycles. The van der Waals surface area contributed by atoms with Gasteiger partial charge in [-0.2, -0.15) is 0 Å². The standard InChI is InChI=1S/C18H18FN3O3/c19-15-9-5-4-8-14(15)18(25)22-21-17(24)11-10-16(23)20-12-13-6-2-1-3-7-13/h1-9H,10-12H2,(H,20,23)(H,21,24)(H,22,25). The zero-order chi connectivity index (χ0) is 18.1. The van der Waals surface area contributed by atoms with Gasteiger partial charge in [0.1, 0.15) is 5.82 Å². The second-order valence-corrected chi connectivity index (χ2v) is 5.24. The lowest BCUT2D eigenvalue weighted by Crippen LogP contribution is -2.42. The van der Waals surface area contributed by atoms with Crippen molar-refractivity contribution in [2.75, 3.05) is 0 Å². The molecule has 2 aromatic rings. The maximum absolute atomic E-state index is 13.4. The van der Waals surface area contributed by atoms with Gasteiger partial charge in [-0.15, -0.1) is 0 Å². The van der Waals surface area contributed by atoms with Crippen molar-refractivity contribution in [3.8, 4) is 0 Å². The number of hydrazine groups is 1. The molecule has 130 valence electrons. The fraction of sp³-hybridized carbons (Fsp3) is 0.167. The molecule has 0 unspecified atom stereocenters. The monoisotopic (exact) mass is 343 g/mol. The summed E-state index contributed by atoms with van der Waals surface area (Å²) in [5, 5.41) is 2.70. The van der Waals surface area contributed by atoms with Crippen molar-refractivity contribution in [2.24, 2.45) is 0 Å². The first-order valence-corrected chi connectivity index (χ1v) is 7.70.